The zero-order valence-corrected chi connectivity index (χ0v) is 19.9. The minimum Gasteiger partial charge on any atom is -0.0622 e. The third kappa shape index (κ3) is 3.23. The molecule has 0 heteroatoms. The van der Waals surface area contributed by atoms with Crippen molar-refractivity contribution in [3.63, 3.8) is 0 Å². The summed E-state index contributed by atoms with van der Waals surface area (Å²) in [7, 11) is 0. The van der Waals surface area contributed by atoms with Gasteiger partial charge in [0, 0.05) is 0 Å². The molecule has 0 atom stereocenters. The normalized spacial score (nSPS) is 11.3. The van der Waals surface area contributed by atoms with Crippen LogP contribution < -0.4 is 0 Å². The van der Waals surface area contributed by atoms with Crippen molar-refractivity contribution in [3.8, 4) is 33.4 Å². The van der Waals surface area contributed by atoms with E-state index in [2.05, 4.69) is 146 Å². The van der Waals surface area contributed by atoms with Crippen LogP contribution in [-0.2, 0) is 0 Å². The minimum absolute atomic E-state index is 1.25. The van der Waals surface area contributed by atoms with E-state index in [4.69, 9.17) is 0 Å². The Labute approximate surface area is 211 Å². The van der Waals surface area contributed by atoms with E-state index in [1.54, 1.807) is 0 Å². The minimum atomic E-state index is 1.25. The van der Waals surface area contributed by atoms with Crippen LogP contribution in [0.5, 0.6) is 0 Å². The predicted molar refractivity (Wildman–Crippen MR) is 155 cm³/mol. The predicted octanol–water partition coefficient (Wildman–Crippen LogP) is 10.1. The molecule has 0 amide bonds. The molecule has 0 aliphatic carbocycles. The van der Waals surface area contributed by atoms with Gasteiger partial charge in [0.1, 0.15) is 0 Å². The largest absolute Gasteiger partial charge is 0.0622 e. The molecular formula is C36H24. The molecule has 0 spiro atoms. The van der Waals surface area contributed by atoms with Crippen LogP contribution in [0.2, 0.25) is 0 Å². The van der Waals surface area contributed by atoms with Gasteiger partial charge in [-0.25, -0.2) is 0 Å². The molecule has 7 aromatic carbocycles. The van der Waals surface area contributed by atoms with Gasteiger partial charge in [-0.3, -0.25) is 0 Å². The van der Waals surface area contributed by atoms with Gasteiger partial charge in [-0.2, -0.15) is 0 Å². The second kappa shape index (κ2) is 8.52. The first-order valence-corrected chi connectivity index (χ1v) is 12.5. The van der Waals surface area contributed by atoms with Crippen molar-refractivity contribution < 1.29 is 0 Å². The average molecular weight is 457 g/mol. The van der Waals surface area contributed by atoms with Crippen LogP contribution in [0.3, 0.4) is 0 Å². The molecule has 0 fully saturated rings. The second-order valence-electron chi connectivity index (χ2n) is 9.28. The van der Waals surface area contributed by atoms with E-state index in [0.717, 1.165) is 0 Å². The van der Waals surface area contributed by atoms with Gasteiger partial charge in [0.2, 0.25) is 0 Å². The topological polar surface area (TPSA) is 0 Å². The van der Waals surface area contributed by atoms with Crippen molar-refractivity contribution >= 4 is 32.3 Å². The fraction of sp³-hybridized carbons (Fsp3) is 0. The van der Waals surface area contributed by atoms with Crippen molar-refractivity contribution in [1.82, 2.24) is 0 Å². The molecule has 0 aromatic heterocycles. The summed E-state index contributed by atoms with van der Waals surface area (Å²) in [5, 5.41) is 7.67. The summed E-state index contributed by atoms with van der Waals surface area (Å²) >= 11 is 0. The molecule has 168 valence electrons. The highest BCUT2D eigenvalue weighted by atomic mass is 14.2. The van der Waals surface area contributed by atoms with Crippen LogP contribution in [0.25, 0.3) is 65.7 Å². The van der Waals surface area contributed by atoms with E-state index < -0.39 is 0 Å². The fourth-order valence-corrected chi connectivity index (χ4v) is 5.73. The Morgan fingerprint density at radius 1 is 0.250 bits per heavy atom. The monoisotopic (exact) mass is 456 g/mol. The van der Waals surface area contributed by atoms with Crippen LogP contribution >= 0.6 is 0 Å². The lowest BCUT2D eigenvalue weighted by molar-refractivity contribution is 1.63. The van der Waals surface area contributed by atoms with Crippen molar-refractivity contribution in [3.05, 3.63) is 146 Å². The molecule has 0 bridgehead atoms. The smallest absolute Gasteiger partial charge is 0.00201 e. The first kappa shape index (κ1) is 20.7. The lowest BCUT2D eigenvalue weighted by atomic mass is 9.83. The first-order chi connectivity index (χ1) is 17.9. The summed E-state index contributed by atoms with van der Waals surface area (Å²) in [4.78, 5) is 0. The lowest BCUT2D eigenvalue weighted by Gasteiger charge is -2.20. The lowest BCUT2D eigenvalue weighted by Crippen LogP contribution is -1.93. The quantitative estimate of drug-likeness (QED) is 0.232. The number of rotatable bonds is 3. The van der Waals surface area contributed by atoms with Crippen LogP contribution in [0.4, 0.5) is 0 Å². The summed E-state index contributed by atoms with van der Waals surface area (Å²) in [6, 6.07) is 52.7. The van der Waals surface area contributed by atoms with Gasteiger partial charge in [-0.15, -0.1) is 0 Å². The molecule has 0 nitrogen and oxygen atoms in total. The third-order valence-electron chi connectivity index (χ3n) is 7.27. The van der Waals surface area contributed by atoms with E-state index in [9.17, 15) is 0 Å². The molecule has 36 heavy (non-hydrogen) atoms. The van der Waals surface area contributed by atoms with Crippen LogP contribution in [0, 0.1) is 0 Å². The number of benzene rings is 7. The summed E-state index contributed by atoms with van der Waals surface area (Å²) in [6.07, 6.45) is 0. The highest BCUT2D eigenvalue weighted by Crippen LogP contribution is 2.46. The Balaban J connectivity index is 1.63. The molecule has 0 aliphatic rings. The Bertz CT molecular complexity index is 1810. The Morgan fingerprint density at radius 2 is 0.694 bits per heavy atom. The molecule has 0 radical (unpaired) electrons. The maximum atomic E-state index is 2.29. The molecule has 0 heterocycles. The van der Waals surface area contributed by atoms with Gasteiger partial charge >= 0.3 is 0 Å². The van der Waals surface area contributed by atoms with Gasteiger partial charge in [0.25, 0.3) is 0 Å². The Kier molecular flexibility index (Phi) is 4.89. The van der Waals surface area contributed by atoms with Gasteiger partial charge < -0.3 is 0 Å². The second-order valence-corrected chi connectivity index (χ2v) is 9.28. The zero-order chi connectivity index (χ0) is 23.9. The molecule has 0 saturated carbocycles. The van der Waals surface area contributed by atoms with Crippen molar-refractivity contribution in [2.75, 3.05) is 0 Å². The van der Waals surface area contributed by atoms with E-state index in [1.165, 1.54) is 65.7 Å². The van der Waals surface area contributed by atoms with E-state index in [-0.39, 0.29) is 0 Å². The SMILES string of the molecule is c1ccc(-c2c3ccccc3c(-c3ccccc3-c3cccc4ccccc34)c3ccccc23)cc1. The number of hydrogen-bond acceptors (Lipinski definition) is 0. The van der Waals surface area contributed by atoms with Crippen molar-refractivity contribution in [1.29, 1.82) is 0 Å². The van der Waals surface area contributed by atoms with E-state index >= 15 is 0 Å². The highest BCUT2D eigenvalue weighted by molar-refractivity contribution is 6.22. The average Bonchev–Trinajstić information content (AvgIpc) is 2.96. The van der Waals surface area contributed by atoms with Gasteiger partial charge in [0.05, 0.1) is 0 Å². The van der Waals surface area contributed by atoms with Crippen molar-refractivity contribution in [2.24, 2.45) is 0 Å². The molecule has 7 rings (SSSR count). The molecule has 7 aromatic rings. The van der Waals surface area contributed by atoms with E-state index in [0.29, 0.717) is 0 Å². The number of hydrogen-bond donors (Lipinski definition) is 0. The molecule has 0 N–H and O–H groups in total. The maximum Gasteiger partial charge on any atom is -0.00201 e. The molecular weight excluding hydrogens is 432 g/mol. The maximum absolute atomic E-state index is 2.29. The highest BCUT2D eigenvalue weighted by Gasteiger charge is 2.19. The molecule has 0 aliphatic heterocycles. The van der Waals surface area contributed by atoms with Gasteiger partial charge in [-0.1, -0.05) is 146 Å². The Hall–Kier alpha value is -4.68. The summed E-state index contributed by atoms with van der Waals surface area (Å²) < 4.78 is 0. The zero-order valence-electron chi connectivity index (χ0n) is 19.9. The Morgan fingerprint density at radius 3 is 1.36 bits per heavy atom. The molecule has 0 saturated heterocycles. The fourth-order valence-electron chi connectivity index (χ4n) is 5.73. The molecule has 0 unspecified atom stereocenters. The van der Waals surface area contributed by atoms with Gasteiger partial charge in [-0.05, 0) is 65.7 Å². The first-order valence-electron chi connectivity index (χ1n) is 12.5. The van der Waals surface area contributed by atoms with E-state index in [1.807, 2.05) is 0 Å². The van der Waals surface area contributed by atoms with Gasteiger partial charge in [0.15, 0.2) is 0 Å². The van der Waals surface area contributed by atoms with Crippen molar-refractivity contribution in [2.45, 2.75) is 0 Å². The van der Waals surface area contributed by atoms with Crippen LogP contribution in [-0.4, -0.2) is 0 Å². The van der Waals surface area contributed by atoms with Crippen LogP contribution in [0.15, 0.2) is 146 Å². The standard InChI is InChI=1S/C36H24/c1-2-14-26(15-3-1)35-31-20-8-10-22-33(31)36(34-23-11-9-21-32(34)35)30-19-7-6-18-29(30)28-24-12-16-25-13-4-5-17-27(25)28/h1-24H. The third-order valence-corrected chi connectivity index (χ3v) is 7.27. The summed E-state index contributed by atoms with van der Waals surface area (Å²) in [5.41, 5.74) is 7.64. The summed E-state index contributed by atoms with van der Waals surface area (Å²) in [5.74, 6) is 0. The summed E-state index contributed by atoms with van der Waals surface area (Å²) in [6.45, 7) is 0. The number of fused-ring (bicyclic) bond motifs is 3. The van der Waals surface area contributed by atoms with Crippen LogP contribution in [0.1, 0.15) is 0 Å².